The van der Waals surface area contributed by atoms with Crippen LogP contribution in [0.1, 0.15) is 109 Å². The molecule has 1 N–H and O–H groups in total. The number of rotatable bonds is 6. The first kappa shape index (κ1) is 43.9. The number of hydrogen-bond donors (Lipinski definition) is 1. The summed E-state index contributed by atoms with van der Waals surface area (Å²) in [6, 6.07) is 62.7. The molecule has 9 aromatic carbocycles. The molecule has 0 saturated carbocycles. The predicted octanol–water partition coefficient (Wildman–Crippen LogP) is 16.7. The zero-order valence-electron chi connectivity index (χ0n) is 43.0. The number of fused-ring (bicyclic) bond motifs is 10. The highest BCUT2D eigenvalue weighted by molar-refractivity contribution is 6.74. The van der Waals surface area contributed by atoms with Crippen molar-refractivity contribution in [3.05, 3.63) is 192 Å². The number of nitrogens with one attached hydrogen (secondary N) is 1. The molecular weight excluding hydrogens is 858 g/mol. The molecule has 1 aromatic heterocycles. The fraction of sp³-hybridized carbons (Fsp3) is 0.254. The summed E-state index contributed by atoms with van der Waals surface area (Å²) in [5.41, 5.74) is 22.3. The lowest BCUT2D eigenvalue weighted by atomic mass is 9.55. The average molecular weight is 922 g/mol. The van der Waals surface area contributed by atoms with Crippen molar-refractivity contribution >= 4 is 90.0 Å². The van der Waals surface area contributed by atoms with Crippen LogP contribution in [0.15, 0.2) is 164 Å². The lowest BCUT2D eigenvalue weighted by Crippen LogP contribution is -2.41. The zero-order valence-corrected chi connectivity index (χ0v) is 43.0. The minimum Gasteiger partial charge on any atom is -0.355 e. The molecule has 4 heteroatoms. The smallest absolute Gasteiger partial charge is 0.198 e. The summed E-state index contributed by atoms with van der Waals surface area (Å²) in [7, 11) is 0.830. The van der Waals surface area contributed by atoms with E-state index in [1.165, 1.54) is 117 Å². The van der Waals surface area contributed by atoms with Crippen molar-refractivity contribution in [3.63, 3.8) is 0 Å². The first-order chi connectivity index (χ1) is 34.1. The van der Waals surface area contributed by atoms with Crippen LogP contribution < -0.4 is 21.1 Å². The second-order valence-electron chi connectivity index (χ2n) is 24.0. The summed E-state index contributed by atoms with van der Waals surface area (Å²) in [5, 5.41) is 11.7. The molecule has 0 bridgehead atoms. The minimum absolute atomic E-state index is 0.00514. The molecule has 13 rings (SSSR count). The van der Waals surface area contributed by atoms with Crippen LogP contribution >= 0.6 is 0 Å². The number of hydrogen-bond acceptors (Lipinski definition) is 2. The van der Waals surface area contributed by atoms with Gasteiger partial charge in [0, 0.05) is 44.8 Å². The summed E-state index contributed by atoms with van der Waals surface area (Å²) in [6.07, 6.45) is 4.64. The van der Waals surface area contributed by atoms with E-state index in [1.807, 2.05) is 0 Å². The van der Waals surface area contributed by atoms with E-state index >= 15 is 0 Å². The van der Waals surface area contributed by atoms with E-state index < -0.39 is 0 Å². The normalized spacial score (nSPS) is 16.9. The molecule has 10 aromatic rings. The van der Waals surface area contributed by atoms with Crippen molar-refractivity contribution in [2.75, 3.05) is 10.2 Å². The van der Waals surface area contributed by atoms with Gasteiger partial charge < -0.3 is 14.8 Å². The van der Waals surface area contributed by atoms with Gasteiger partial charge in [0.05, 0.1) is 16.7 Å². The Hall–Kier alpha value is -7.04. The third kappa shape index (κ3) is 6.84. The quantitative estimate of drug-likeness (QED) is 0.168. The van der Waals surface area contributed by atoms with E-state index in [1.54, 1.807) is 0 Å². The lowest BCUT2D eigenvalue weighted by Gasteiger charge is -2.43. The molecule has 2 aliphatic carbocycles. The maximum atomic E-state index is 4.09. The molecule has 0 fully saturated rings. The summed E-state index contributed by atoms with van der Waals surface area (Å²) in [6.45, 7) is 21.9. The van der Waals surface area contributed by atoms with Crippen molar-refractivity contribution in [3.8, 4) is 16.8 Å². The standard InChI is InChI=1S/C67H64BN3/c1-41-23-27-45(28-24-41)69-56-39-53-51(64(2,3)31-33-66(53,6)7)36-49(56)50-37-59(70(46-20-11-10-12-21-46)47-29-25-42-17-13-14-19-44(42)35-47)61-60-48-22-16-15-18-43(48)26-30-57(60)71-58-40-54-52(38-55(58)68-62(50)63(61)71)65(4,5)32-34-67(54,8)9/h10-30,35-40,68-69H,31-34H2,1-9H3. The number of nitrogens with zero attached hydrogens (tertiary/aromatic N) is 2. The van der Waals surface area contributed by atoms with Gasteiger partial charge in [-0.3, -0.25) is 0 Å². The Morgan fingerprint density at radius 2 is 1.08 bits per heavy atom. The van der Waals surface area contributed by atoms with Crippen molar-refractivity contribution in [2.45, 2.75) is 110 Å². The van der Waals surface area contributed by atoms with Crippen LogP contribution in [0.5, 0.6) is 0 Å². The van der Waals surface area contributed by atoms with Crippen LogP contribution in [0, 0.1) is 6.92 Å². The van der Waals surface area contributed by atoms with Gasteiger partial charge in [0.2, 0.25) is 0 Å². The number of aryl methyl sites for hydroxylation is 1. The Balaban J connectivity index is 1.23. The summed E-state index contributed by atoms with van der Waals surface area (Å²) in [5.74, 6) is 0. The molecule has 0 amide bonds. The van der Waals surface area contributed by atoms with E-state index in [0.717, 1.165) is 42.9 Å². The molecule has 0 spiro atoms. The van der Waals surface area contributed by atoms with Gasteiger partial charge in [0.15, 0.2) is 7.28 Å². The van der Waals surface area contributed by atoms with Crippen LogP contribution in [0.3, 0.4) is 0 Å². The molecule has 3 nitrogen and oxygen atoms in total. The second kappa shape index (κ2) is 15.5. The number of benzene rings is 9. The minimum atomic E-state index is 0.00514. The van der Waals surface area contributed by atoms with Crippen LogP contribution in [0.2, 0.25) is 0 Å². The molecular formula is C67H64BN3. The maximum Gasteiger partial charge on any atom is 0.198 e. The van der Waals surface area contributed by atoms with Crippen LogP contribution in [0.25, 0.3) is 60.2 Å². The van der Waals surface area contributed by atoms with Gasteiger partial charge in [-0.15, -0.1) is 0 Å². The highest BCUT2D eigenvalue weighted by Gasteiger charge is 2.41. The topological polar surface area (TPSA) is 20.2 Å². The van der Waals surface area contributed by atoms with E-state index in [2.05, 4.69) is 241 Å². The Morgan fingerprint density at radius 3 is 1.79 bits per heavy atom. The molecule has 0 saturated heterocycles. The van der Waals surface area contributed by atoms with E-state index in [9.17, 15) is 0 Å². The Bertz CT molecular complexity index is 3830. The summed E-state index contributed by atoms with van der Waals surface area (Å²) < 4.78 is 2.71. The van der Waals surface area contributed by atoms with Gasteiger partial charge in [0.1, 0.15) is 0 Å². The van der Waals surface area contributed by atoms with E-state index in [-0.39, 0.29) is 21.7 Å². The molecule has 0 atom stereocenters. The van der Waals surface area contributed by atoms with Gasteiger partial charge >= 0.3 is 0 Å². The fourth-order valence-corrected chi connectivity index (χ4v) is 13.1. The zero-order chi connectivity index (χ0) is 48.8. The average Bonchev–Trinajstić information content (AvgIpc) is 3.72. The summed E-state index contributed by atoms with van der Waals surface area (Å²) in [4.78, 5) is 2.56. The molecule has 0 unspecified atom stereocenters. The van der Waals surface area contributed by atoms with Gasteiger partial charge in [-0.25, -0.2) is 0 Å². The van der Waals surface area contributed by atoms with Crippen LogP contribution in [-0.2, 0) is 21.7 Å². The van der Waals surface area contributed by atoms with Crippen LogP contribution in [0.4, 0.5) is 28.4 Å². The predicted molar refractivity (Wildman–Crippen MR) is 307 cm³/mol. The van der Waals surface area contributed by atoms with Crippen molar-refractivity contribution in [1.29, 1.82) is 0 Å². The molecule has 0 radical (unpaired) electrons. The van der Waals surface area contributed by atoms with Crippen LogP contribution in [-0.4, -0.2) is 11.8 Å². The Morgan fingerprint density at radius 1 is 0.493 bits per heavy atom. The molecule has 71 heavy (non-hydrogen) atoms. The highest BCUT2D eigenvalue weighted by atomic mass is 15.1. The van der Waals surface area contributed by atoms with Gasteiger partial charge in [-0.2, -0.15) is 0 Å². The largest absolute Gasteiger partial charge is 0.355 e. The monoisotopic (exact) mass is 922 g/mol. The first-order valence-electron chi connectivity index (χ1n) is 26.1. The lowest BCUT2D eigenvalue weighted by molar-refractivity contribution is 0.332. The molecule has 3 aliphatic rings. The SMILES string of the molecule is Cc1ccc(Nc2cc3c(cc2-c2cc(N(c4ccccc4)c4ccc5ccccc5c4)c4c5c6ccccc6ccc5n5c4c2Bc2cc4c(cc2-5)C(C)(C)CCC4(C)C)C(C)(C)CCC3(C)C)cc1. The van der Waals surface area contributed by atoms with Crippen molar-refractivity contribution < 1.29 is 0 Å². The van der Waals surface area contributed by atoms with Crippen molar-refractivity contribution in [2.24, 2.45) is 0 Å². The Kier molecular flexibility index (Phi) is 9.58. The van der Waals surface area contributed by atoms with Crippen molar-refractivity contribution in [1.82, 2.24) is 4.57 Å². The fourth-order valence-electron chi connectivity index (χ4n) is 13.1. The van der Waals surface area contributed by atoms with E-state index in [0.29, 0.717) is 0 Å². The number of anilines is 5. The first-order valence-corrected chi connectivity index (χ1v) is 26.1. The molecule has 2 heterocycles. The highest BCUT2D eigenvalue weighted by Crippen LogP contribution is 2.53. The molecule has 350 valence electrons. The molecule has 1 aliphatic heterocycles. The number of para-hydroxylation sites is 1. The summed E-state index contributed by atoms with van der Waals surface area (Å²) >= 11 is 0. The van der Waals surface area contributed by atoms with Gasteiger partial charge in [0.25, 0.3) is 0 Å². The third-order valence-corrected chi connectivity index (χ3v) is 17.5. The van der Waals surface area contributed by atoms with Gasteiger partial charge in [-0.05, 0) is 176 Å². The number of aromatic nitrogens is 1. The van der Waals surface area contributed by atoms with E-state index in [4.69, 9.17) is 0 Å². The Labute approximate surface area is 420 Å². The second-order valence-corrected chi connectivity index (χ2v) is 24.0. The van der Waals surface area contributed by atoms with Gasteiger partial charge in [-0.1, -0.05) is 163 Å². The maximum absolute atomic E-state index is 4.09. The third-order valence-electron chi connectivity index (χ3n) is 17.5.